The van der Waals surface area contributed by atoms with E-state index in [1.54, 1.807) is 0 Å². The molecule has 0 aromatic rings. The van der Waals surface area contributed by atoms with Crippen molar-refractivity contribution in [2.75, 3.05) is 16.7 Å². The van der Waals surface area contributed by atoms with E-state index >= 15 is 0 Å². The van der Waals surface area contributed by atoms with Crippen LogP contribution in [0.2, 0.25) is 0 Å². The molecule has 2 N–H and O–H groups in total. The standard InChI is InChI=1S/C4H8INO4S.Na.H/c5-3-4(7)6-1-2-11(8,9)10;;/h1-3H2,(H,6,7)(H,8,9,10);;/q;+1;-1. The molecule has 0 heterocycles. The number of hydrogen-bond donors (Lipinski definition) is 2. The first-order valence-electron chi connectivity index (χ1n) is 2.73. The summed E-state index contributed by atoms with van der Waals surface area (Å²) < 4.78 is 28.7. The van der Waals surface area contributed by atoms with Crippen LogP contribution in [0, 0.1) is 0 Å². The van der Waals surface area contributed by atoms with Gasteiger partial charge in [0, 0.05) is 6.54 Å². The van der Waals surface area contributed by atoms with Gasteiger partial charge in [0.2, 0.25) is 5.91 Å². The molecule has 0 aliphatic rings. The van der Waals surface area contributed by atoms with Crippen LogP contribution in [-0.4, -0.2) is 35.6 Å². The summed E-state index contributed by atoms with van der Waals surface area (Å²) in [6.07, 6.45) is 0. The van der Waals surface area contributed by atoms with E-state index < -0.39 is 15.9 Å². The van der Waals surface area contributed by atoms with Crippen LogP contribution in [0.4, 0.5) is 0 Å². The second kappa shape index (κ2) is 7.51. The Balaban J connectivity index is -0.000000500. The first-order chi connectivity index (χ1) is 4.95. The van der Waals surface area contributed by atoms with Crippen molar-refractivity contribution in [2.45, 2.75) is 0 Å². The van der Waals surface area contributed by atoms with Gasteiger partial charge in [0.1, 0.15) is 0 Å². The van der Waals surface area contributed by atoms with Gasteiger partial charge >= 0.3 is 29.6 Å². The Labute approximate surface area is 108 Å². The molecule has 0 fully saturated rings. The van der Waals surface area contributed by atoms with Crippen LogP contribution < -0.4 is 34.9 Å². The first kappa shape index (κ1) is 15.6. The van der Waals surface area contributed by atoms with Crippen LogP contribution in [0.5, 0.6) is 0 Å². The number of hydrogen-bond acceptors (Lipinski definition) is 3. The minimum atomic E-state index is -3.95. The maximum Gasteiger partial charge on any atom is 1.00 e. The Hall–Kier alpha value is 1.11. The van der Waals surface area contributed by atoms with Crippen LogP contribution in [0.15, 0.2) is 0 Å². The van der Waals surface area contributed by atoms with Crippen molar-refractivity contribution in [2.24, 2.45) is 0 Å². The molecule has 12 heavy (non-hydrogen) atoms. The van der Waals surface area contributed by atoms with E-state index in [1.165, 1.54) is 0 Å². The van der Waals surface area contributed by atoms with E-state index in [4.69, 9.17) is 4.55 Å². The SMILES string of the molecule is O=C(CI)NCCS(=O)(=O)O.[H-].[Na+]. The van der Waals surface area contributed by atoms with E-state index in [0.717, 1.165) is 0 Å². The van der Waals surface area contributed by atoms with Crippen LogP contribution in [0.25, 0.3) is 0 Å². The van der Waals surface area contributed by atoms with E-state index in [0.29, 0.717) is 0 Å². The first-order valence-corrected chi connectivity index (χ1v) is 5.87. The fourth-order valence-electron chi connectivity index (χ4n) is 0.367. The normalized spacial score (nSPS) is 10.2. The molecule has 5 nitrogen and oxygen atoms in total. The summed E-state index contributed by atoms with van der Waals surface area (Å²) in [6, 6.07) is 0. The molecule has 8 heteroatoms. The zero-order chi connectivity index (χ0) is 8.91. The molecule has 0 bridgehead atoms. The predicted molar refractivity (Wildman–Crippen MR) is 49.4 cm³/mol. The largest absolute Gasteiger partial charge is 1.00 e. The van der Waals surface area contributed by atoms with Gasteiger partial charge in [-0.2, -0.15) is 8.42 Å². The minimum absolute atomic E-state index is 0. The van der Waals surface area contributed by atoms with Gasteiger partial charge in [-0.05, 0) is 0 Å². The smallest absolute Gasteiger partial charge is 1.00 e. The van der Waals surface area contributed by atoms with Gasteiger partial charge in [-0.1, -0.05) is 22.6 Å². The molecule has 0 unspecified atom stereocenters. The topological polar surface area (TPSA) is 83.5 Å². The van der Waals surface area contributed by atoms with Gasteiger partial charge in [0.25, 0.3) is 10.1 Å². The maximum atomic E-state index is 10.5. The summed E-state index contributed by atoms with van der Waals surface area (Å²) in [4.78, 5) is 10.5. The Morgan fingerprint density at radius 3 is 2.42 bits per heavy atom. The summed E-state index contributed by atoms with van der Waals surface area (Å²) in [5.41, 5.74) is 0. The van der Waals surface area contributed by atoms with E-state index in [9.17, 15) is 13.2 Å². The van der Waals surface area contributed by atoms with Crippen LogP contribution in [-0.2, 0) is 14.9 Å². The number of alkyl halides is 1. The Morgan fingerprint density at radius 2 is 2.08 bits per heavy atom. The van der Waals surface area contributed by atoms with Gasteiger partial charge in [0.15, 0.2) is 0 Å². The molecule has 68 valence electrons. The van der Waals surface area contributed by atoms with Crippen molar-refractivity contribution < 1.29 is 48.7 Å². The number of carbonyl (C=O) groups excluding carboxylic acids is 1. The van der Waals surface area contributed by atoms with E-state index in [-0.39, 0.29) is 47.9 Å². The number of rotatable bonds is 4. The van der Waals surface area contributed by atoms with Crippen molar-refractivity contribution in [3.05, 3.63) is 0 Å². The quantitative estimate of drug-likeness (QED) is 0.244. The summed E-state index contributed by atoms with van der Waals surface area (Å²) in [6.45, 7) is -0.0410. The van der Waals surface area contributed by atoms with E-state index in [2.05, 4.69) is 5.32 Å². The summed E-state index contributed by atoms with van der Waals surface area (Å²) in [5.74, 6) is -0.677. The molecule has 0 aromatic heterocycles. The van der Waals surface area contributed by atoms with Gasteiger partial charge in [-0.15, -0.1) is 0 Å². The van der Waals surface area contributed by atoms with Gasteiger partial charge in [-0.3, -0.25) is 9.35 Å². The molecule has 0 spiro atoms. The van der Waals surface area contributed by atoms with Crippen LogP contribution in [0.3, 0.4) is 0 Å². The Bertz CT molecular complexity index is 234. The molecule has 1 amide bonds. The number of nitrogens with one attached hydrogen (secondary N) is 1. The molecule has 0 rings (SSSR count). The molecule has 0 aliphatic carbocycles. The predicted octanol–water partition coefficient (Wildman–Crippen LogP) is -3.46. The fraction of sp³-hybridized carbons (Fsp3) is 0.750. The monoisotopic (exact) mass is 317 g/mol. The van der Waals surface area contributed by atoms with Crippen LogP contribution >= 0.6 is 22.6 Å². The van der Waals surface area contributed by atoms with Gasteiger partial charge in [-0.25, -0.2) is 0 Å². The van der Waals surface area contributed by atoms with E-state index in [1.807, 2.05) is 22.6 Å². The molecular weight excluding hydrogens is 308 g/mol. The van der Waals surface area contributed by atoms with Crippen molar-refractivity contribution in [1.82, 2.24) is 5.32 Å². The summed E-state index contributed by atoms with van der Waals surface area (Å²) in [5, 5.41) is 2.30. The average Bonchev–Trinajstić information content (AvgIpc) is 1.85. The zero-order valence-corrected chi connectivity index (χ0v) is 11.6. The third-order valence-electron chi connectivity index (χ3n) is 0.804. The van der Waals surface area contributed by atoms with Gasteiger partial charge in [0.05, 0.1) is 10.2 Å². The maximum absolute atomic E-state index is 10.5. The molecular formula is C4H9INNaO4S. The second-order valence-corrected chi connectivity index (χ2v) is 4.10. The van der Waals surface area contributed by atoms with Crippen molar-refractivity contribution in [1.29, 1.82) is 0 Å². The second-order valence-electron chi connectivity index (χ2n) is 1.77. The van der Waals surface area contributed by atoms with Crippen LogP contribution in [0.1, 0.15) is 1.43 Å². The Kier molecular flexibility index (Phi) is 9.75. The molecule has 0 aliphatic heterocycles. The molecule has 0 saturated carbocycles. The fourth-order valence-corrected chi connectivity index (χ4v) is 0.996. The molecule has 0 atom stereocenters. The molecule has 0 saturated heterocycles. The van der Waals surface area contributed by atoms with Crippen molar-refractivity contribution >= 4 is 38.6 Å². The number of amides is 1. The third kappa shape index (κ3) is 11.1. The number of carbonyl (C=O) groups is 1. The molecule has 0 aromatic carbocycles. The third-order valence-corrected chi connectivity index (χ3v) is 2.22. The molecule has 0 radical (unpaired) electrons. The van der Waals surface area contributed by atoms with Crippen molar-refractivity contribution in [3.8, 4) is 0 Å². The number of halogens is 1. The van der Waals surface area contributed by atoms with Gasteiger partial charge < -0.3 is 6.74 Å². The summed E-state index contributed by atoms with van der Waals surface area (Å²) in [7, 11) is -3.95. The Morgan fingerprint density at radius 1 is 1.58 bits per heavy atom. The zero-order valence-electron chi connectivity index (χ0n) is 7.58. The average molecular weight is 317 g/mol. The minimum Gasteiger partial charge on any atom is -1.00 e. The summed E-state index contributed by atoms with van der Waals surface area (Å²) >= 11 is 1.85. The van der Waals surface area contributed by atoms with Crippen molar-refractivity contribution in [3.63, 3.8) is 0 Å².